The minimum atomic E-state index is -0.333. The van der Waals surface area contributed by atoms with Gasteiger partial charge in [0.1, 0.15) is 6.10 Å². The smallest absolute Gasteiger partial charge is 0.168 e. The van der Waals surface area contributed by atoms with Crippen LogP contribution in [0.5, 0.6) is 0 Å². The van der Waals surface area contributed by atoms with Crippen LogP contribution in [0.25, 0.3) is 0 Å². The van der Waals surface area contributed by atoms with Gasteiger partial charge >= 0.3 is 0 Å². The predicted octanol–water partition coefficient (Wildman–Crippen LogP) is 1.77. The van der Waals surface area contributed by atoms with Crippen LogP contribution in [0, 0.1) is 0 Å². The number of hydrogen-bond donors (Lipinski definition) is 2. The molecule has 1 atom stereocenters. The number of nitrogens with two attached hydrogens (primary N) is 1. The molecule has 1 rings (SSSR count). The van der Waals surface area contributed by atoms with Crippen LogP contribution in [0.15, 0.2) is 35.5 Å². The highest BCUT2D eigenvalue weighted by Crippen LogP contribution is 2.03. The van der Waals surface area contributed by atoms with Crippen molar-refractivity contribution in [1.82, 2.24) is 0 Å². The van der Waals surface area contributed by atoms with E-state index in [1.165, 1.54) is 5.56 Å². The van der Waals surface area contributed by atoms with Crippen molar-refractivity contribution in [1.29, 1.82) is 0 Å². The molecule has 4 nitrogen and oxygen atoms in total. The van der Waals surface area contributed by atoms with Crippen molar-refractivity contribution >= 4 is 5.84 Å². The molecule has 4 heteroatoms. The van der Waals surface area contributed by atoms with E-state index in [0.29, 0.717) is 6.61 Å². The second-order valence-corrected chi connectivity index (χ2v) is 3.63. The normalized spacial score (nSPS) is 13.7. The van der Waals surface area contributed by atoms with Gasteiger partial charge in [0, 0.05) is 6.61 Å². The van der Waals surface area contributed by atoms with E-state index in [1.54, 1.807) is 6.92 Å². The molecule has 1 aromatic rings. The first kappa shape index (κ1) is 12.5. The zero-order valence-corrected chi connectivity index (χ0v) is 9.47. The maximum Gasteiger partial charge on any atom is 0.168 e. The van der Waals surface area contributed by atoms with Crippen molar-refractivity contribution in [2.24, 2.45) is 10.9 Å². The Morgan fingerprint density at radius 3 is 2.75 bits per heavy atom. The summed E-state index contributed by atoms with van der Waals surface area (Å²) < 4.78 is 5.40. The lowest BCUT2D eigenvalue weighted by Crippen LogP contribution is -2.29. The molecule has 0 fully saturated rings. The molecule has 0 aliphatic rings. The van der Waals surface area contributed by atoms with E-state index in [-0.39, 0.29) is 11.9 Å². The van der Waals surface area contributed by atoms with Crippen LogP contribution >= 0.6 is 0 Å². The first-order valence-corrected chi connectivity index (χ1v) is 5.37. The van der Waals surface area contributed by atoms with E-state index >= 15 is 0 Å². The van der Waals surface area contributed by atoms with Crippen molar-refractivity contribution in [3.05, 3.63) is 35.9 Å². The third-order valence-electron chi connectivity index (χ3n) is 2.35. The number of oxime groups is 1. The Hall–Kier alpha value is -1.55. The summed E-state index contributed by atoms with van der Waals surface area (Å²) in [5.74, 6) is 0.111. The molecule has 0 saturated heterocycles. The van der Waals surface area contributed by atoms with Gasteiger partial charge in [-0.15, -0.1) is 0 Å². The topological polar surface area (TPSA) is 67.8 Å². The van der Waals surface area contributed by atoms with Gasteiger partial charge in [0.15, 0.2) is 5.84 Å². The highest BCUT2D eigenvalue weighted by Gasteiger charge is 2.06. The molecule has 0 aromatic heterocycles. The van der Waals surface area contributed by atoms with Gasteiger partial charge in [-0.3, -0.25) is 0 Å². The molecule has 3 N–H and O–H groups in total. The second kappa shape index (κ2) is 6.85. The highest BCUT2D eigenvalue weighted by molar-refractivity contribution is 5.83. The van der Waals surface area contributed by atoms with E-state index in [2.05, 4.69) is 17.3 Å². The first-order chi connectivity index (χ1) is 7.74. The molecule has 88 valence electrons. The molecule has 1 aromatic carbocycles. The maximum absolute atomic E-state index is 8.42. The van der Waals surface area contributed by atoms with Gasteiger partial charge in [-0.2, -0.15) is 0 Å². The largest absolute Gasteiger partial charge is 0.409 e. The van der Waals surface area contributed by atoms with Gasteiger partial charge in [0.05, 0.1) is 0 Å². The standard InChI is InChI=1S/C12H18N2O2/c1-10(12(13)14-15)16-9-5-8-11-6-3-2-4-7-11/h2-4,6-7,10,15H,5,8-9H2,1H3,(H2,13,14). The van der Waals surface area contributed by atoms with E-state index in [9.17, 15) is 0 Å². The van der Waals surface area contributed by atoms with Crippen LogP contribution in [-0.2, 0) is 11.2 Å². The fraction of sp³-hybridized carbons (Fsp3) is 0.417. The second-order valence-electron chi connectivity index (χ2n) is 3.63. The summed E-state index contributed by atoms with van der Waals surface area (Å²) in [7, 11) is 0. The lowest BCUT2D eigenvalue weighted by molar-refractivity contribution is 0.104. The molecule has 0 spiro atoms. The fourth-order valence-corrected chi connectivity index (χ4v) is 1.35. The van der Waals surface area contributed by atoms with Crippen LogP contribution in [0.1, 0.15) is 18.9 Å². The Labute approximate surface area is 95.7 Å². The van der Waals surface area contributed by atoms with Crippen molar-refractivity contribution in [3.8, 4) is 0 Å². The highest BCUT2D eigenvalue weighted by atomic mass is 16.5. The van der Waals surface area contributed by atoms with Crippen LogP contribution < -0.4 is 5.73 Å². The minimum absolute atomic E-state index is 0.111. The summed E-state index contributed by atoms with van der Waals surface area (Å²) in [4.78, 5) is 0. The minimum Gasteiger partial charge on any atom is -0.409 e. The number of benzene rings is 1. The van der Waals surface area contributed by atoms with Crippen LogP contribution in [-0.4, -0.2) is 23.8 Å². The van der Waals surface area contributed by atoms with Crippen molar-refractivity contribution in [2.75, 3.05) is 6.61 Å². The summed E-state index contributed by atoms with van der Waals surface area (Å²) in [6.07, 6.45) is 1.57. The van der Waals surface area contributed by atoms with Gasteiger partial charge < -0.3 is 15.7 Å². The van der Waals surface area contributed by atoms with Crippen molar-refractivity contribution in [2.45, 2.75) is 25.9 Å². The van der Waals surface area contributed by atoms with Gasteiger partial charge in [-0.1, -0.05) is 35.5 Å². The first-order valence-electron chi connectivity index (χ1n) is 5.37. The van der Waals surface area contributed by atoms with Gasteiger partial charge in [0.2, 0.25) is 0 Å². The molecule has 0 aliphatic carbocycles. The maximum atomic E-state index is 8.42. The average Bonchev–Trinajstić information content (AvgIpc) is 2.34. The fourth-order valence-electron chi connectivity index (χ4n) is 1.35. The number of nitrogens with zero attached hydrogens (tertiary/aromatic N) is 1. The molecule has 16 heavy (non-hydrogen) atoms. The SMILES string of the molecule is CC(OCCCc1ccccc1)C(N)=NO. The number of hydrogen-bond acceptors (Lipinski definition) is 3. The Morgan fingerprint density at radius 1 is 1.44 bits per heavy atom. The summed E-state index contributed by atoms with van der Waals surface area (Å²) in [6, 6.07) is 10.2. The zero-order chi connectivity index (χ0) is 11.8. The predicted molar refractivity (Wildman–Crippen MR) is 63.6 cm³/mol. The zero-order valence-electron chi connectivity index (χ0n) is 9.47. The molecule has 0 radical (unpaired) electrons. The summed E-state index contributed by atoms with van der Waals surface area (Å²) >= 11 is 0. The van der Waals surface area contributed by atoms with E-state index in [0.717, 1.165) is 12.8 Å². The molecule has 1 unspecified atom stereocenters. The molecule has 0 heterocycles. The van der Waals surface area contributed by atoms with Gasteiger partial charge in [-0.25, -0.2) is 0 Å². The van der Waals surface area contributed by atoms with Crippen LogP contribution in [0.4, 0.5) is 0 Å². The Balaban J connectivity index is 2.17. The third kappa shape index (κ3) is 4.31. The van der Waals surface area contributed by atoms with E-state index in [1.807, 2.05) is 18.2 Å². The Kier molecular flexibility index (Phi) is 5.36. The van der Waals surface area contributed by atoms with E-state index < -0.39 is 0 Å². The Bertz CT molecular complexity index is 325. The molecule has 0 bridgehead atoms. The lowest BCUT2D eigenvalue weighted by atomic mass is 10.1. The summed E-state index contributed by atoms with van der Waals surface area (Å²) in [6.45, 7) is 2.36. The lowest BCUT2D eigenvalue weighted by Gasteiger charge is -2.10. The average molecular weight is 222 g/mol. The molecular formula is C12H18N2O2. The van der Waals surface area contributed by atoms with Crippen molar-refractivity contribution in [3.63, 3.8) is 0 Å². The van der Waals surface area contributed by atoms with Crippen LogP contribution in [0.2, 0.25) is 0 Å². The Morgan fingerprint density at radius 2 is 2.12 bits per heavy atom. The monoisotopic (exact) mass is 222 g/mol. The summed E-state index contributed by atoms with van der Waals surface area (Å²) in [5, 5.41) is 11.3. The number of aryl methyl sites for hydroxylation is 1. The van der Waals surface area contributed by atoms with E-state index in [4.69, 9.17) is 15.7 Å². The summed E-state index contributed by atoms with van der Waals surface area (Å²) in [5.41, 5.74) is 6.68. The molecular weight excluding hydrogens is 204 g/mol. The van der Waals surface area contributed by atoms with Crippen LogP contribution in [0.3, 0.4) is 0 Å². The molecule has 0 saturated carbocycles. The number of rotatable bonds is 6. The third-order valence-corrected chi connectivity index (χ3v) is 2.35. The number of amidine groups is 1. The molecule has 0 amide bonds. The van der Waals surface area contributed by atoms with Gasteiger partial charge in [-0.05, 0) is 25.3 Å². The van der Waals surface area contributed by atoms with Gasteiger partial charge in [0.25, 0.3) is 0 Å². The van der Waals surface area contributed by atoms with Crippen molar-refractivity contribution < 1.29 is 9.94 Å². The molecule has 0 aliphatic heterocycles. The quantitative estimate of drug-likeness (QED) is 0.253. The number of ether oxygens (including phenoxy) is 1.